The maximum Gasteiger partial charge on any atom is 0.230 e. The van der Waals surface area contributed by atoms with Gasteiger partial charge in [-0.15, -0.1) is 0 Å². The molecule has 1 unspecified atom stereocenters. The van der Waals surface area contributed by atoms with E-state index in [0.29, 0.717) is 12.3 Å². The number of carbonyl (C=O) groups excluding carboxylic acids is 1. The molecule has 1 amide bonds. The number of rotatable bonds is 6. The molecular weight excluding hydrogens is 257 g/mol. The van der Waals surface area contributed by atoms with E-state index < -0.39 is 11.5 Å². The summed E-state index contributed by atoms with van der Waals surface area (Å²) in [6, 6.07) is 6.12. The third-order valence-electron chi connectivity index (χ3n) is 3.82. The Bertz CT molecular complexity index is 466. The van der Waals surface area contributed by atoms with Crippen LogP contribution in [0.15, 0.2) is 24.3 Å². The molecule has 0 aromatic heterocycles. The van der Waals surface area contributed by atoms with E-state index in [0.717, 1.165) is 18.4 Å². The first-order chi connectivity index (χ1) is 9.44. The summed E-state index contributed by atoms with van der Waals surface area (Å²) in [4.78, 5) is 12.3. The van der Waals surface area contributed by atoms with Gasteiger partial charge in [0.25, 0.3) is 0 Å². The first-order valence-electron chi connectivity index (χ1n) is 7.16. The Morgan fingerprint density at radius 1 is 1.35 bits per heavy atom. The van der Waals surface area contributed by atoms with Crippen molar-refractivity contribution in [2.75, 3.05) is 6.54 Å². The molecule has 2 rings (SSSR count). The molecule has 1 aromatic rings. The van der Waals surface area contributed by atoms with Gasteiger partial charge in [0.2, 0.25) is 5.91 Å². The van der Waals surface area contributed by atoms with Crippen LogP contribution in [0.4, 0.5) is 4.39 Å². The molecule has 0 saturated heterocycles. The number of hydrogen-bond donors (Lipinski definition) is 2. The average Bonchev–Trinajstić information content (AvgIpc) is 3.17. The summed E-state index contributed by atoms with van der Waals surface area (Å²) in [5.41, 5.74) is 0.348. The van der Waals surface area contributed by atoms with E-state index >= 15 is 0 Å². The van der Waals surface area contributed by atoms with E-state index in [1.165, 1.54) is 12.1 Å². The van der Waals surface area contributed by atoms with E-state index in [4.69, 9.17) is 0 Å². The summed E-state index contributed by atoms with van der Waals surface area (Å²) in [5.74, 6) is 0.0399. The zero-order valence-corrected chi connectivity index (χ0v) is 12.0. The van der Waals surface area contributed by atoms with Crippen LogP contribution in [0.1, 0.15) is 38.7 Å². The fourth-order valence-corrected chi connectivity index (χ4v) is 2.55. The van der Waals surface area contributed by atoms with E-state index in [2.05, 4.69) is 5.32 Å². The van der Waals surface area contributed by atoms with Crippen LogP contribution in [0.3, 0.4) is 0 Å². The van der Waals surface area contributed by atoms with Crippen molar-refractivity contribution in [2.24, 2.45) is 5.92 Å². The highest BCUT2D eigenvalue weighted by Gasteiger charge is 2.51. The Labute approximate surface area is 119 Å². The standard InChI is InChI=1S/C16H22FNO2/c1-11(2)9-14(19)10-18-15(20)16(7-8-16)12-3-5-13(17)6-4-12/h3-6,11,14,19H,7-10H2,1-2H3,(H,18,20). The number of benzene rings is 1. The molecule has 1 atom stereocenters. The van der Waals surface area contributed by atoms with Crippen molar-refractivity contribution < 1.29 is 14.3 Å². The second-order valence-electron chi connectivity index (χ2n) is 6.08. The number of carbonyl (C=O) groups is 1. The zero-order valence-electron chi connectivity index (χ0n) is 12.0. The van der Waals surface area contributed by atoms with Crippen LogP contribution in [0.25, 0.3) is 0 Å². The third-order valence-corrected chi connectivity index (χ3v) is 3.82. The molecule has 1 aromatic carbocycles. The van der Waals surface area contributed by atoms with Gasteiger partial charge in [0, 0.05) is 6.54 Å². The zero-order chi connectivity index (χ0) is 14.8. The summed E-state index contributed by atoms with van der Waals surface area (Å²) in [6.45, 7) is 4.35. The topological polar surface area (TPSA) is 49.3 Å². The van der Waals surface area contributed by atoms with Gasteiger partial charge in [0.15, 0.2) is 0 Å². The minimum absolute atomic E-state index is 0.0630. The van der Waals surface area contributed by atoms with Gasteiger partial charge in [-0.05, 0) is 42.9 Å². The highest BCUT2D eigenvalue weighted by atomic mass is 19.1. The van der Waals surface area contributed by atoms with Gasteiger partial charge in [-0.25, -0.2) is 4.39 Å². The number of hydrogen-bond acceptors (Lipinski definition) is 2. The fourth-order valence-electron chi connectivity index (χ4n) is 2.55. The van der Waals surface area contributed by atoms with Crippen LogP contribution in [-0.4, -0.2) is 23.7 Å². The molecule has 0 bridgehead atoms. The van der Waals surface area contributed by atoms with E-state index in [9.17, 15) is 14.3 Å². The van der Waals surface area contributed by atoms with Crippen LogP contribution in [0, 0.1) is 11.7 Å². The summed E-state index contributed by atoms with van der Waals surface area (Å²) < 4.78 is 12.9. The Kier molecular flexibility index (Phi) is 4.43. The summed E-state index contributed by atoms with van der Waals surface area (Å²) in [7, 11) is 0. The molecule has 2 N–H and O–H groups in total. The molecule has 3 nitrogen and oxygen atoms in total. The minimum atomic E-state index is -0.511. The van der Waals surface area contributed by atoms with Gasteiger partial charge in [0.1, 0.15) is 5.82 Å². The van der Waals surface area contributed by atoms with Crippen molar-refractivity contribution in [3.8, 4) is 0 Å². The smallest absolute Gasteiger partial charge is 0.230 e. The Hall–Kier alpha value is -1.42. The number of aliphatic hydroxyl groups is 1. The van der Waals surface area contributed by atoms with Crippen LogP contribution in [0.2, 0.25) is 0 Å². The van der Waals surface area contributed by atoms with Crippen LogP contribution in [0.5, 0.6) is 0 Å². The number of amides is 1. The maximum absolute atomic E-state index is 12.9. The molecular formula is C16H22FNO2. The SMILES string of the molecule is CC(C)CC(O)CNC(=O)C1(c2ccc(F)cc2)CC1. The van der Waals surface area contributed by atoms with Gasteiger partial charge in [-0.1, -0.05) is 26.0 Å². The van der Waals surface area contributed by atoms with E-state index in [-0.39, 0.29) is 18.3 Å². The summed E-state index contributed by atoms with van der Waals surface area (Å²) in [5, 5.41) is 12.6. The van der Waals surface area contributed by atoms with Gasteiger partial charge in [-0.2, -0.15) is 0 Å². The maximum atomic E-state index is 12.9. The van der Waals surface area contributed by atoms with Crippen molar-refractivity contribution in [1.29, 1.82) is 0 Å². The molecule has 1 aliphatic rings. The van der Waals surface area contributed by atoms with E-state index in [1.54, 1.807) is 12.1 Å². The van der Waals surface area contributed by atoms with Crippen molar-refractivity contribution >= 4 is 5.91 Å². The monoisotopic (exact) mass is 279 g/mol. The number of aliphatic hydroxyl groups excluding tert-OH is 1. The van der Waals surface area contributed by atoms with E-state index in [1.807, 2.05) is 13.8 Å². The Morgan fingerprint density at radius 3 is 2.45 bits per heavy atom. The first-order valence-corrected chi connectivity index (χ1v) is 7.16. The summed E-state index contributed by atoms with van der Waals surface area (Å²) >= 11 is 0. The highest BCUT2D eigenvalue weighted by Crippen LogP contribution is 2.48. The largest absolute Gasteiger partial charge is 0.391 e. The molecule has 0 heterocycles. The van der Waals surface area contributed by atoms with Crippen LogP contribution in [-0.2, 0) is 10.2 Å². The Morgan fingerprint density at radius 2 is 1.95 bits per heavy atom. The molecule has 1 aliphatic carbocycles. The third kappa shape index (κ3) is 3.37. The fraction of sp³-hybridized carbons (Fsp3) is 0.562. The lowest BCUT2D eigenvalue weighted by atomic mass is 9.95. The molecule has 1 saturated carbocycles. The van der Waals surface area contributed by atoms with Crippen molar-refractivity contribution in [2.45, 2.75) is 44.6 Å². The molecule has 20 heavy (non-hydrogen) atoms. The minimum Gasteiger partial charge on any atom is -0.391 e. The first kappa shape index (κ1) is 15.0. The number of halogens is 1. The molecule has 0 radical (unpaired) electrons. The predicted octanol–water partition coefficient (Wildman–Crippen LogP) is 2.38. The van der Waals surface area contributed by atoms with Crippen molar-refractivity contribution in [1.82, 2.24) is 5.32 Å². The average molecular weight is 279 g/mol. The molecule has 0 spiro atoms. The second kappa shape index (κ2) is 5.92. The van der Waals surface area contributed by atoms with Gasteiger partial charge in [-0.3, -0.25) is 4.79 Å². The lowest BCUT2D eigenvalue weighted by Gasteiger charge is -2.18. The van der Waals surface area contributed by atoms with Gasteiger partial charge in [0.05, 0.1) is 11.5 Å². The predicted molar refractivity (Wildman–Crippen MR) is 75.8 cm³/mol. The van der Waals surface area contributed by atoms with Crippen LogP contribution >= 0.6 is 0 Å². The molecule has 0 aliphatic heterocycles. The molecule has 4 heteroatoms. The normalized spacial score (nSPS) is 17.9. The van der Waals surface area contributed by atoms with Crippen molar-refractivity contribution in [3.63, 3.8) is 0 Å². The Balaban J connectivity index is 1.93. The van der Waals surface area contributed by atoms with Crippen molar-refractivity contribution in [3.05, 3.63) is 35.6 Å². The highest BCUT2D eigenvalue weighted by molar-refractivity contribution is 5.91. The molecule has 1 fully saturated rings. The summed E-state index contributed by atoms with van der Waals surface area (Å²) in [6.07, 6.45) is 1.72. The van der Waals surface area contributed by atoms with Crippen LogP contribution < -0.4 is 5.32 Å². The number of nitrogens with one attached hydrogen (secondary N) is 1. The quantitative estimate of drug-likeness (QED) is 0.840. The molecule has 110 valence electrons. The lowest BCUT2D eigenvalue weighted by Crippen LogP contribution is -2.39. The van der Waals surface area contributed by atoms with Gasteiger partial charge >= 0.3 is 0 Å². The second-order valence-corrected chi connectivity index (χ2v) is 6.08. The van der Waals surface area contributed by atoms with Gasteiger partial charge < -0.3 is 10.4 Å². The lowest BCUT2D eigenvalue weighted by molar-refractivity contribution is -0.124.